The molecule has 30 heavy (non-hydrogen) atoms. The van der Waals surface area contributed by atoms with Gasteiger partial charge in [0.05, 0.1) is 24.7 Å². The summed E-state index contributed by atoms with van der Waals surface area (Å²) in [4.78, 5) is 12.2. The molecule has 0 aromatic heterocycles. The van der Waals surface area contributed by atoms with E-state index in [-0.39, 0.29) is 35.7 Å². The quantitative estimate of drug-likeness (QED) is 0.280. The summed E-state index contributed by atoms with van der Waals surface area (Å²) in [7, 11) is 0. The molecule has 4 fully saturated rings. The standard InChI is InChI=1S/C21H32O9/c1-7-4-11(23)15-9(3)20(27)30-19(15)14-8(2)12(5-10(7)14)28-21-18(26)17(25)16(24)13(6-22)29-21/h8-19,21-26H,1,4-6H2,2-3H3/t8-,9-,10-,11-,12-,13+,14-,15+,16+,17-,18+,19+,21+/m0/s1. The largest absolute Gasteiger partial charge is 0.461 e. The molecule has 170 valence electrons. The molecule has 2 saturated carbocycles. The fraction of sp³-hybridized carbons (Fsp3) is 0.857. The van der Waals surface area contributed by atoms with Crippen molar-refractivity contribution in [3.05, 3.63) is 12.2 Å². The first-order valence-corrected chi connectivity index (χ1v) is 10.7. The van der Waals surface area contributed by atoms with Gasteiger partial charge in [-0.05, 0) is 24.7 Å². The Hall–Kier alpha value is -1.07. The maximum absolute atomic E-state index is 12.2. The molecule has 2 aliphatic carbocycles. The Morgan fingerprint density at radius 2 is 1.80 bits per heavy atom. The van der Waals surface area contributed by atoms with Gasteiger partial charge >= 0.3 is 5.97 Å². The highest BCUT2D eigenvalue weighted by molar-refractivity contribution is 5.75. The average molecular weight is 428 g/mol. The molecule has 9 nitrogen and oxygen atoms in total. The first kappa shape index (κ1) is 22.1. The van der Waals surface area contributed by atoms with Crippen LogP contribution in [0.3, 0.4) is 0 Å². The van der Waals surface area contributed by atoms with Crippen LogP contribution in [0, 0.1) is 29.6 Å². The van der Waals surface area contributed by atoms with Gasteiger partial charge < -0.3 is 39.7 Å². The van der Waals surface area contributed by atoms with Gasteiger partial charge in [0.15, 0.2) is 6.29 Å². The third-order valence-corrected chi connectivity index (χ3v) is 7.70. The van der Waals surface area contributed by atoms with Gasteiger partial charge in [-0.3, -0.25) is 4.79 Å². The SMILES string of the molecule is C=C1C[C@H](O)[C@@H]2[C@H](OC(=O)[C@H]2C)[C@H]2[C@@H](C)[C@@H](O[C@@H]3O[C@H](CO)[C@@H](O)[C@H](O)[C@H]3O)C[C@@H]12. The van der Waals surface area contributed by atoms with Crippen LogP contribution in [-0.4, -0.2) is 87.1 Å². The van der Waals surface area contributed by atoms with Gasteiger partial charge in [-0.1, -0.05) is 26.0 Å². The van der Waals surface area contributed by atoms with Crippen molar-refractivity contribution in [3.63, 3.8) is 0 Å². The van der Waals surface area contributed by atoms with Crippen molar-refractivity contribution in [1.29, 1.82) is 0 Å². The van der Waals surface area contributed by atoms with Crippen LogP contribution in [0.2, 0.25) is 0 Å². The van der Waals surface area contributed by atoms with Gasteiger partial charge in [0, 0.05) is 11.8 Å². The maximum Gasteiger partial charge on any atom is 0.309 e. The zero-order valence-electron chi connectivity index (χ0n) is 17.2. The van der Waals surface area contributed by atoms with Crippen molar-refractivity contribution in [2.45, 2.75) is 75.7 Å². The van der Waals surface area contributed by atoms with Gasteiger partial charge in [0.1, 0.15) is 30.5 Å². The predicted octanol–water partition coefficient (Wildman–Crippen LogP) is -1.06. The van der Waals surface area contributed by atoms with E-state index >= 15 is 0 Å². The predicted molar refractivity (Wildman–Crippen MR) is 102 cm³/mol. The number of hydrogen-bond acceptors (Lipinski definition) is 9. The zero-order chi connectivity index (χ0) is 21.9. The lowest BCUT2D eigenvalue weighted by Crippen LogP contribution is -2.59. The minimum absolute atomic E-state index is 0.0300. The Kier molecular flexibility index (Phi) is 6.00. The summed E-state index contributed by atoms with van der Waals surface area (Å²) in [5, 5.41) is 50.4. The summed E-state index contributed by atoms with van der Waals surface area (Å²) >= 11 is 0. The molecular weight excluding hydrogens is 396 g/mol. The van der Waals surface area contributed by atoms with Gasteiger partial charge in [0.2, 0.25) is 0 Å². The second kappa shape index (κ2) is 8.12. The molecule has 0 aromatic rings. The Bertz CT molecular complexity index is 681. The van der Waals surface area contributed by atoms with Crippen molar-refractivity contribution >= 4 is 5.97 Å². The van der Waals surface area contributed by atoms with E-state index in [4.69, 9.17) is 14.2 Å². The molecule has 2 saturated heterocycles. The van der Waals surface area contributed by atoms with Gasteiger partial charge in [-0.25, -0.2) is 0 Å². The van der Waals surface area contributed by atoms with E-state index in [0.29, 0.717) is 12.8 Å². The zero-order valence-corrected chi connectivity index (χ0v) is 17.2. The summed E-state index contributed by atoms with van der Waals surface area (Å²) in [6.45, 7) is 7.40. The summed E-state index contributed by atoms with van der Waals surface area (Å²) in [6, 6.07) is 0. The smallest absolute Gasteiger partial charge is 0.309 e. The molecule has 0 unspecified atom stereocenters. The summed E-state index contributed by atoms with van der Waals surface area (Å²) in [5.41, 5.74) is 0.886. The van der Waals surface area contributed by atoms with E-state index in [0.717, 1.165) is 5.57 Å². The molecule has 0 aromatic carbocycles. The topological polar surface area (TPSA) is 146 Å². The first-order valence-electron chi connectivity index (χ1n) is 10.7. The van der Waals surface area contributed by atoms with Crippen LogP contribution in [0.15, 0.2) is 12.2 Å². The number of aliphatic hydroxyl groups excluding tert-OH is 5. The third kappa shape index (κ3) is 3.40. The molecule has 2 aliphatic heterocycles. The van der Waals surface area contributed by atoms with Gasteiger partial charge in [0.25, 0.3) is 0 Å². The normalized spacial score (nSPS) is 53.8. The second-order valence-electron chi connectivity index (χ2n) is 9.35. The number of ether oxygens (including phenoxy) is 3. The molecule has 0 bridgehead atoms. The molecule has 5 N–H and O–H groups in total. The Morgan fingerprint density at radius 3 is 2.47 bits per heavy atom. The molecule has 4 rings (SSSR count). The van der Waals surface area contributed by atoms with Crippen molar-refractivity contribution in [2.75, 3.05) is 6.61 Å². The van der Waals surface area contributed by atoms with Crippen LogP contribution < -0.4 is 0 Å². The van der Waals surface area contributed by atoms with E-state index in [2.05, 4.69) is 6.58 Å². The van der Waals surface area contributed by atoms with Crippen molar-refractivity contribution in [2.24, 2.45) is 29.6 Å². The average Bonchev–Trinajstić information content (AvgIpc) is 3.15. The van der Waals surface area contributed by atoms with E-state index in [9.17, 15) is 30.3 Å². The first-order chi connectivity index (χ1) is 14.1. The molecule has 9 heteroatoms. The number of rotatable bonds is 3. The third-order valence-electron chi connectivity index (χ3n) is 7.70. The van der Waals surface area contributed by atoms with Gasteiger partial charge in [-0.2, -0.15) is 0 Å². The minimum atomic E-state index is -1.51. The Labute approximate surface area is 175 Å². The minimum Gasteiger partial charge on any atom is -0.461 e. The molecule has 0 amide bonds. The number of aliphatic hydroxyl groups is 5. The highest BCUT2D eigenvalue weighted by Crippen LogP contribution is 2.53. The lowest BCUT2D eigenvalue weighted by Gasteiger charge is -2.41. The number of esters is 1. The number of fused-ring (bicyclic) bond motifs is 3. The maximum atomic E-state index is 12.2. The van der Waals surface area contributed by atoms with Crippen LogP contribution in [-0.2, 0) is 19.0 Å². The van der Waals surface area contributed by atoms with Crippen LogP contribution in [0.25, 0.3) is 0 Å². The van der Waals surface area contributed by atoms with Crippen molar-refractivity contribution < 1.29 is 44.5 Å². The number of carbonyl (C=O) groups excluding carboxylic acids is 1. The summed E-state index contributed by atoms with van der Waals surface area (Å²) in [5.74, 6) is -1.23. The monoisotopic (exact) mass is 428 g/mol. The molecular formula is C21H32O9. The van der Waals surface area contributed by atoms with E-state index < -0.39 is 55.4 Å². The fourth-order valence-corrected chi connectivity index (χ4v) is 5.94. The lowest BCUT2D eigenvalue weighted by molar-refractivity contribution is -0.313. The summed E-state index contributed by atoms with van der Waals surface area (Å²) in [6.07, 6.45) is -7.25. The number of hydrogen-bond donors (Lipinski definition) is 5. The van der Waals surface area contributed by atoms with Crippen molar-refractivity contribution in [1.82, 2.24) is 0 Å². The molecule has 13 atom stereocenters. The van der Waals surface area contributed by atoms with E-state index in [1.807, 2.05) is 6.92 Å². The van der Waals surface area contributed by atoms with E-state index in [1.165, 1.54) is 0 Å². The van der Waals surface area contributed by atoms with Crippen molar-refractivity contribution in [3.8, 4) is 0 Å². The Morgan fingerprint density at radius 1 is 1.10 bits per heavy atom. The fourth-order valence-electron chi connectivity index (χ4n) is 5.94. The van der Waals surface area contributed by atoms with Crippen LogP contribution in [0.5, 0.6) is 0 Å². The highest BCUT2D eigenvalue weighted by Gasteiger charge is 2.59. The highest BCUT2D eigenvalue weighted by atomic mass is 16.7. The summed E-state index contributed by atoms with van der Waals surface area (Å²) < 4.78 is 17.2. The van der Waals surface area contributed by atoms with Gasteiger partial charge in [-0.15, -0.1) is 0 Å². The molecule has 2 heterocycles. The lowest BCUT2D eigenvalue weighted by atomic mass is 9.77. The number of carbonyl (C=O) groups is 1. The second-order valence-corrected chi connectivity index (χ2v) is 9.35. The molecule has 0 radical (unpaired) electrons. The van der Waals surface area contributed by atoms with Crippen LogP contribution in [0.4, 0.5) is 0 Å². The Balaban J connectivity index is 1.54. The van der Waals surface area contributed by atoms with E-state index in [1.54, 1.807) is 6.92 Å². The van der Waals surface area contributed by atoms with Crippen LogP contribution >= 0.6 is 0 Å². The molecule has 0 spiro atoms. The van der Waals surface area contributed by atoms with Crippen LogP contribution in [0.1, 0.15) is 26.7 Å². The molecule has 4 aliphatic rings.